The van der Waals surface area contributed by atoms with E-state index in [0.29, 0.717) is 0 Å². The molecule has 0 bridgehead atoms. The second-order valence-electron chi connectivity index (χ2n) is 3.38. The van der Waals surface area contributed by atoms with Gasteiger partial charge in [0, 0.05) is 12.4 Å². The molecular weight excluding hydrogens is 227 g/mol. The zero-order chi connectivity index (χ0) is 11.2. The number of carbonyl (C=O) groups is 1. The number of carboxylic acid groups (broad SMARTS) is 1. The van der Waals surface area contributed by atoms with Gasteiger partial charge in [0.05, 0.1) is 5.97 Å². The van der Waals surface area contributed by atoms with Crippen molar-refractivity contribution in [2.75, 3.05) is 0 Å². The number of aliphatic carboxylic acids is 1. The quantitative estimate of drug-likeness (QED) is 0.418. The zero-order valence-electron chi connectivity index (χ0n) is 8.52. The Bertz CT molecular complexity index is 396. The summed E-state index contributed by atoms with van der Waals surface area (Å²) in [5, 5.41) is 39.1. The van der Waals surface area contributed by atoms with Crippen LogP contribution in [-0.2, 0) is 4.79 Å². The summed E-state index contributed by atoms with van der Waals surface area (Å²) >= 11 is 0. The fraction of sp³-hybridized carbons (Fsp3) is 0.500. The summed E-state index contributed by atoms with van der Waals surface area (Å²) < 4.78 is 1.08. The number of hydrogen-bond donors (Lipinski definition) is 3. The fourth-order valence-electron chi connectivity index (χ4n) is 1.73. The third kappa shape index (κ3) is 1.90. The molecule has 0 aliphatic carbocycles. The maximum absolute atomic E-state index is 10.8. The minimum atomic E-state index is -1.62. The van der Waals surface area contributed by atoms with Gasteiger partial charge in [-0.15, -0.1) is 0 Å². The summed E-state index contributed by atoms with van der Waals surface area (Å²) in [5.41, 5.74) is 0. The molecule has 2 rings (SSSR count). The van der Waals surface area contributed by atoms with Gasteiger partial charge in [0.25, 0.3) is 0 Å². The summed E-state index contributed by atoms with van der Waals surface area (Å²) in [6, 6.07) is -1.43. The van der Waals surface area contributed by atoms with E-state index in [1.54, 1.807) is 0 Å². The van der Waals surface area contributed by atoms with Crippen LogP contribution in [0.25, 0.3) is 0 Å². The van der Waals surface area contributed by atoms with Gasteiger partial charge in [-0.1, -0.05) is 0 Å². The predicted molar refractivity (Wildman–Crippen MR) is 43.2 cm³/mol. The molecule has 0 fully saturated rings. The van der Waals surface area contributed by atoms with E-state index < -0.39 is 30.3 Å². The number of rotatable bonds is 1. The van der Waals surface area contributed by atoms with E-state index in [4.69, 9.17) is 0 Å². The summed E-state index contributed by atoms with van der Waals surface area (Å²) in [6.45, 7) is 0. The summed E-state index contributed by atoms with van der Waals surface area (Å²) in [7, 11) is 0. The first kappa shape index (κ1) is 13.6. The van der Waals surface area contributed by atoms with Crippen LogP contribution < -0.4 is 34.7 Å². The van der Waals surface area contributed by atoms with Crippen molar-refractivity contribution in [1.82, 2.24) is 9.55 Å². The van der Waals surface area contributed by atoms with E-state index in [1.165, 1.54) is 12.4 Å². The van der Waals surface area contributed by atoms with Gasteiger partial charge in [-0.2, -0.15) is 0 Å². The number of carbonyl (C=O) groups excluding carboxylic acids is 1. The molecule has 2 heterocycles. The van der Waals surface area contributed by atoms with Gasteiger partial charge >= 0.3 is 29.6 Å². The number of fused-ring (bicyclic) bond motifs is 1. The van der Waals surface area contributed by atoms with E-state index in [2.05, 4.69) is 4.98 Å². The van der Waals surface area contributed by atoms with Crippen molar-refractivity contribution in [3.05, 3.63) is 18.2 Å². The van der Waals surface area contributed by atoms with Crippen LogP contribution in [0.4, 0.5) is 0 Å². The van der Waals surface area contributed by atoms with E-state index in [0.717, 1.165) is 4.57 Å². The molecular formula is C8H9N2NaO5. The first-order chi connectivity index (χ1) is 7.04. The standard InChI is InChI=1S/C8H10N2O5.Na/c11-4-3(8(14)15)10-2-1-9-7(10)6(13)5(4)12;/h1-6,11-13H,(H,14,15);/q;+1/p-1/t3-,4+,5-,6+;/m0./s1. The Balaban J connectivity index is 0.00000128. The van der Waals surface area contributed by atoms with E-state index in [1.807, 2.05) is 0 Å². The minimum Gasteiger partial charge on any atom is -0.548 e. The molecule has 16 heavy (non-hydrogen) atoms. The van der Waals surface area contributed by atoms with Crippen LogP contribution in [0.1, 0.15) is 18.0 Å². The minimum absolute atomic E-state index is 0. The van der Waals surface area contributed by atoms with Crippen molar-refractivity contribution in [3.63, 3.8) is 0 Å². The first-order valence-electron chi connectivity index (χ1n) is 4.32. The number of hydrogen-bond acceptors (Lipinski definition) is 6. The topological polar surface area (TPSA) is 119 Å². The SMILES string of the molecule is O=C([O-])[C@@H]1[C@@H](O)[C@H](O)[C@@H](O)c2nccn21.[Na+]. The number of nitrogens with zero attached hydrogens (tertiary/aromatic N) is 2. The molecule has 0 saturated heterocycles. The van der Waals surface area contributed by atoms with Crippen molar-refractivity contribution in [3.8, 4) is 0 Å². The third-order valence-corrected chi connectivity index (χ3v) is 2.50. The van der Waals surface area contributed by atoms with E-state index in [-0.39, 0.29) is 35.4 Å². The van der Waals surface area contributed by atoms with Gasteiger partial charge in [0.15, 0.2) is 0 Å². The predicted octanol–water partition coefficient (Wildman–Crippen LogP) is -6.05. The average molecular weight is 236 g/mol. The molecule has 8 heteroatoms. The van der Waals surface area contributed by atoms with Crippen molar-refractivity contribution < 1.29 is 54.8 Å². The summed E-state index contributed by atoms with van der Waals surface area (Å²) in [6.07, 6.45) is -2.02. The summed E-state index contributed by atoms with van der Waals surface area (Å²) in [5.74, 6) is -1.53. The maximum Gasteiger partial charge on any atom is 1.00 e. The van der Waals surface area contributed by atoms with Crippen molar-refractivity contribution in [1.29, 1.82) is 0 Å². The maximum atomic E-state index is 10.8. The van der Waals surface area contributed by atoms with Crippen molar-refractivity contribution >= 4 is 5.97 Å². The Hall–Kier alpha value is -0.440. The van der Waals surface area contributed by atoms with E-state index in [9.17, 15) is 25.2 Å². The van der Waals surface area contributed by atoms with Crippen LogP contribution in [0.5, 0.6) is 0 Å². The molecule has 4 atom stereocenters. The van der Waals surface area contributed by atoms with Crippen LogP contribution in [0.15, 0.2) is 12.4 Å². The molecule has 1 aliphatic rings. The molecule has 0 spiro atoms. The molecule has 3 N–H and O–H groups in total. The van der Waals surface area contributed by atoms with Crippen LogP contribution >= 0.6 is 0 Å². The van der Waals surface area contributed by atoms with Gasteiger partial charge < -0.3 is 29.8 Å². The Morgan fingerprint density at radius 1 is 1.38 bits per heavy atom. The number of imidazole rings is 1. The molecule has 82 valence electrons. The van der Waals surface area contributed by atoms with Crippen LogP contribution in [0, 0.1) is 0 Å². The average Bonchev–Trinajstić information content (AvgIpc) is 2.62. The first-order valence-corrected chi connectivity index (χ1v) is 4.32. The largest absolute Gasteiger partial charge is 1.00 e. The summed E-state index contributed by atoms with van der Waals surface area (Å²) in [4.78, 5) is 14.5. The smallest absolute Gasteiger partial charge is 0.548 e. The van der Waals surface area contributed by atoms with E-state index >= 15 is 0 Å². The Kier molecular flexibility index (Phi) is 4.11. The zero-order valence-corrected chi connectivity index (χ0v) is 10.5. The molecule has 0 aromatic carbocycles. The van der Waals surface area contributed by atoms with Crippen LogP contribution in [0.3, 0.4) is 0 Å². The van der Waals surface area contributed by atoms with Gasteiger partial charge in [-0.05, 0) is 0 Å². The molecule has 0 unspecified atom stereocenters. The van der Waals surface area contributed by atoms with Crippen molar-refractivity contribution in [2.24, 2.45) is 0 Å². The number of carboxylic acids is 1. The molecule has 1 aromatic rings. The normalized spacial score (nSPS) is 32.7. The monoisotopic (exact) mass is 236 g/mol. The molecule has 7 nitrogen and oxygen atoms in total. The van der Waals surface area contributed by atoms with Crippen LogP contribution in [0.2, 0.25) is 0 Å². The number of aliphatic hydroxyl groups is 3. The third-order valence-electron chi connectivity index (χ3n) is 2.50. The molecule has 1 aromatic heterocycles. The number of aromatic nitrogens is 2. The Labute approximate surface area is 113 Å². The fourth-order valence-corrected chi connectivity index (χ4v) is 1.73. The molecule has 0 amide bonds. The Morgan fingerprint density at radius 2 is 2.00 bits per heavy atom. The molecule has 0 saturated carbocycles. The van der Waals surface area contributed by atoms with Crippen LogP contribution in [-0.4, -0.2) is 43.0 Å². The van der Waals surface area contributed by atoms with Gasteiger partial charge in [0.1, 0.15) is 30.2 Å². The van der Waals surface area contributed by atoms with Gasteiger partial charge in [0.2, 0.25) is 0 Å². The number of aliphatic hydroxyl groups excluding tert-OH is 3. The Morgan fingerprint density at radius 3 is 2.56 bits per heavy atom. The molecule has 1 aliphatic heterocycles. The van der Waals surface area contributed by atoms with Gasteiger partial charge in [-0.25, -0.2) is 4.98 Å². The second kappa shape index (κ2) is 4.82. The molecule has 0 radical (unpaired) electrons. The van der Waals surface area contributed by atoms with Gasteiger partial charge in [-0.3, -0.25) is 0 Å². The second-order valence-corrected chi connectivity index (χ2v) is 3.38. The van der Waals surface area contributed by atoms with Crippen molar-refractivity contribution in [2.45, 2.75) is 24.4 Å².